The number of amides is 2. The molecule has 0 spiro atoms. The Hall–Kier alpha value is -3.65. The minimum absolute atomic E-state index is 0.217. The van der Waals surface area contributed by atoms with Gasteiger partial charge in [0, 0.05) is 12.0 Å². The Kier molecular flexibility index (Phi) is 6.59. The first-order chi connectivity index (χ1) is 15.2. The summed E-state index contributed by atoms with van der Waals surface area (Å²) in [5.41, 5.74) is 2.83. The van der Waals surface area contributed by atoms with Gasteiger partial charge in [-0.05, 0) is 23.8 Å². The van der Waals surface area contributed by atoms with Crippen LogP contribution in [0.3, 0.4) is 0 Å². The molecule has 2 heterocycles. The lowest BCUT2D eigenvalue weighted by atomic mass is 10.0. The number of aromatic nitrogens is 2. The van der Waals surface area contributed by atoms with Crippen molar-refractivity contribution in [1.29, 1.82) is 0 Å². The minimum Gasteiger partial charge on any atom is -0.489 e. The van der Waals surface area contributed by atoms with Crippen molar-refractivity contribution in [3.63, 3.8) is 0 Å². The van der Waals surface area contributed by atoms with Gasteiger partial charge in [0.05, 0.1) is 12.3 Å². The Bertz CT molecular complexity index is 1060. The van der Waals surface area contributed by atoms with E-state index in [0.29, 0.717) is 18.8 Å². The molecule has 0 fully saturated rings. The molecule has 31 heavy (non-hydrogen) atoms. The normalized spacial score (nSPS) is 15.0. The van der Waals surface area contributed by atoms with Crippen molar-refractivity contribution < 1.29 is 14.4 Å². The van der Waals surface area contributed by atoms with Crippen LogP contribution >= 0.6 is 11.6 Å². The first kappa shape index (κ1) is 20.6. The maximum absolute atomic E-state index is 12.0. The second kappa shape index (κ2) is 9.90. The second-order valence-corrected chi connectivity index (χ2v) is 7.20. The molecule has 0 saturated heterocycles. The number of benzene rings is 2. The lowest BCUT2D eigenvalue weighted by Crippen LogP contribution is -2.33. The van der Waals surface area contributed by atoms with E-state index < -0.39 is 6.03 Å². The van der Waals surface area contributed by atoms with Gasteiger partial charge in [-0.2, -0.15) is 0 Å². The molecule has 4 rings (SSSR count). The van der Waals surface area contributed by atoms with E-state index in [0.717, 1.165) is 22.6 Å². The van der Waals surface area contributed by atoms with Crippen LogP contribution in [0.5, 0.6) is 5.75 Å². The average molecular weight is 438 g/mol. The SMILES string of the molecule is O=C(NCC1=NOC(COc2ccccc2-c2ccccc2)C1)Nc1ccc(Cl)nn1. The molecule has 2 amide bonds. The summed E-state index contributed by atoms with van der Waals surface area (Å²) in [7, 11) is 0. The highest BCUT2D eigenvalue weighted by molar-refractivity contribution is 6.29. The second-order valence-electron chi connectivity index (χ2n) is 6.81. The predicted octanol–water partition coefficient (Wildman–Crippen LogP) is 4.14. The minimum atomic E-state index is -0.421. The number of hydrogen-bond acceptors (Lipinski definition) is 6. The van der Waals surface area contributed by atoms with Gasteiger partial charge in [-0.15, -0.1) is 10.2 Å². The van der Waals surface area contributed by atoms with Gasteiger partial charge in [0.2, 0.25) is 0 Å². The van der Waals surface area contributed by atoms with E-state index in [1.165, 1.54) is 0 Å². The molecule has 9 heteroatoms. The first-order valence-corrected chi connectivity index (χ1v) is 10.1. The predicted molar refractivity (Wildman–Crippen MR) is 118 cm³/mol. The van der Waals surface area contributed by atoms with Gasteiger partial charge in [0.1, 0.15) is 12.4 Å². The summed E-state index contributed by atoms with van der Waals surface area (Å²) in [6.45, 7) is 0.605. The molecule has 2 N–H and O–H groups in total. The number of carbonyl (C=O) groups excluding carboxylic acids is 1. The smallest absolute Gasteiger partial charge is 0.320 e. The lowest BCUT2D eigenvalue weighted by Gasteiger charge is -2.14. The summed E-state index contributed by atoms with van der Waals surface area (Å²) in [5, 5.41) is 17.0. The van der Waals surface area contributed by atoms with Gasteiger partial charge in [-0.25, -0.2) is 4.79 Å². The van der Waals surface area contributed by atoms with Crippen LogP contribution in [-0.2, 0) is 4.84 Å². The molecule has 0 bridgehead atoms. The number of rotatable bonds is 7. The Morgan fingerprint density at radius 2 is 1.87 bits per heavy atom. The number of nitrogens with one attached hydrogen (secondary N) is 2. The number of oxime groups is 1. The molecule has 1 aliphatic rings. The van der Waals surface area contributed by atoms with E-state index in [4.69, 9.17) is 21.2 Å². The van der Waals surface area contributed by atoms with Crippen molar-refractivity contribution in [2.45, 2.75) is 12.5 Å². The quantitative estimate of drug-likeness (QED) is 0.578. The van der Waals surface area contributed by atoms with Crippen molar-refractivity contribution in [1.82, 2.24) is 15.5 Å². The van der Waals surface area contributed by atoms with Gasteiger partial charge < -0.3 is 14.9 Å². The molecule has 8 nitrogen and oxygen atoms in total. The molecular formula is C22H20ClN5O3. The third-order valence-corrected chi connectivity index (χ3v) is 4.72. The number of halogens is 1. The van der Waals surface area contributed by atoms with Crippen LogP contribution in [0.4, 0.5) is 10.6 Å². The van der Waals surface area contributed by atoms with E-state index in [1.807, 2.05) is 54.6 Å². The molecular weight excluding hydrogens is 418 g/mol. The van der Waals surface area contributed by atoms with Crippen LogP contribution in [-0.4, -0.2) is 41.2 Å². The van der Waals surface area contributed by atoms with Crippen LogP contribution in [0.25, 0.3) is 11.1 Å². The summed E-state index contributed by atoms with van der Waals surface area (Å²) < 4.78 is 6.01. The summed E-state index contributed by atoms with van der Waals surface area (Å²) >= 11 is 5.67. The Morgan fingerprint density at radius 3 is 2.68 bits per heavy atom. The van der Waals surface area contributed by atoms with Crippen LogP contribution in [0.2, 0.25) is 5.15 Å². The van der Waals surface area contributed by atoms with Gasteiger partial charge in [0.15, 0.2) is 17.1 Å². The summed E-state index contributed by atoms with van der Waals surface area (Å²) in [5.74, 6) is 1.09. The Balaban J connectivity index is 1.24. The molecule has 1 aromatic heterocycles. The van der Waals surface area contributed by atoms with Gasteiger partial charge >= 0.3 is 6.03 Å². The van der Waals surface area contributed by atoms with Crippen LogP contribution in [0, 0.1) is 0 Å². The van der Waals surface area contributed by atoms with Crippen molar-refractivity contribution >= 4 is 29.2 Å². The largest absolute Gasteiger partial charge is 0.489 e. The topological polar surface area (TPSA) is 97.7 Å². The third kappa shape index (κ3) is 5.70. The van der Waals surface area contributed by atoms with Gasteiger partial charge in [0.25, 0.3) is 0 Å². The van der Waals surface area contributed by atoms with Crippen LogP contribution in [0.1, 0.15) is 6.42 Å². The summed E-state index contributed by atoms with van der Waals surface area (Å²) in [6, 6.07) is 20.6. The van der Waals surface area contributed by atoms with Gasteiger partial charge in [-0.3, -0.25) is 5.32 Å². The summed E-state index contributed by atoms with van der Waals surface area (Å²) in [4.78, 5) is 17.4. The highest BCUT2D eigenvalue weighted by Crippen LogP contribution is 2.30. The Labute approximate surface area is 184 Å². The number of hydrogen-bond donors (Lipinski definition) is 2. The number of ether oxygens (including phenoxy) is 1. The number of para-hydroxylation sites is 1. The van der Waals surface area contributed by atoms with E-state index in [-0.39, 0.29) is 17.8 Å². The number of nitrogens with zero attached hydrogens (tertiary/aromatic N) is 3. The Morgan fingerprint density at radius 1 is 1.06 bits per heavy atom. The molecule has 1 atom stereocenters. The van der Waals surface area contributed by atoms with Crippen LogP contribution < -0.4 is 15.4 Å². The average Bonchev–Trinajstić information content (AvgIpc) is 3.27. The molecule has 0 saturated carbocycles. The van der Waals surface area contributed by atoms with Crippen molar-refractivity contribution in [3.05, 3.63) is 71.9 Å². The molecule has 1 unspecified atom stereocenters. The molecule has 0 radical (unpaired) electrons. The zero-order chi connectivity index (χ0) is 21.5. The third-order valence-electron chi connectivity index (χ3n) is 4.52. The number of carbonyl (C=O) groups is 1. The monoisotopic (exact) mass is 437 g/mol. The van der Waals surface area contributed by atoms with E-state index in [2.05, 4.69) is 26.0 Å². The highest BCUT2D eigenvalue weighted by Gasteiger charge is 2.22. The number of anilines is 1. The first-order valence-electron chi connectivity index (χ1n) is 9.70. The van der Waals surface area contributed by atoms with E-state index in [9.17, 15) is 4.79 Å². The maximum Gasteiger partial charge on any atom is 0.320 e. The van der Waals surface area contributed by atoms with E-state index >= 15 is 0 Å². The lowest BCUT2D eigenvalue weighted by molar-refractivity contribution is 0.0472. The van der Waals surface area contributed by atoms with E-state index in [1.54, 1.807) is 12.1 Å². The fraction of sp³-hybridized carbons (Fsp3) is 0.182. The molecule has 0 aliphatic carbocycles. The van der Waals surface area contributed by atoms with Gasteiger partial charge in [-0.1, -0.05) is 65.3 Å². The molecule has 2 aromatic carbocycles. The fourth-order valence-corrected chi connectivity index (χ4v) is 3.14. The maximum atomic E-state index is 12.0. The van der Waals surface area contributed by atoms with Crippen molar-refractivity contribution in [2.75, 3.05) is 18.5 Å². The van der Waals surface area contributed by atoms with Crippen molar-refractivity contribution in [2.24, 2.45) is 5.16 Å². The molecule has 1 aliphatic heterocycles. The van der Waals surface area contributed by atoms with Crippen LogP contribution in [0.15, 0.2) is 71.9 Å². The number of urea groups is 1. The zero-order valence-electron chi connectivity index (χ0n) is 16.5. The standard InChI is InChI=1S/C22H20ClN5O3/c23-20-10-11-21(27-26-20)25-22(29)24-13-16-12-17(31-28-16)14-30-19-9-5-4-8-18(19)15-6-2-1-3-7-15/h1-11,17H,12-14H2,(H2,24,25,27,29). The van der Waals surface area contributed by atoms with Crippen molar-refractivity contribution in [3.8, 4) is 16.9 Å². The summed E-state index contributed by atoms with van der Waals surface area (Å²) in [6.07, 6.45) is 0.347. The fourth-order valence-electron chi connectivity index (χ4n) is 3.04. The zero-order valence-corrected chi connectivity index (χ0v) is 17.2. The molecule has 3 aromatic rings. The molecule has 158 valence electrons. The highest BCUT2D eigenvalue weighted by atomic mass is 35.5.